The molecule has 0 amide bonds. The largest absolute Gasteiger partial charge is 2.00 e. The van der Waals surface area contributed by atoms with E-state index in [1.165, 1.54) is 6.33 Å². The van der Waals surface area contributed by atoms with E-state index in [9.17, 15) is 0 Å². The molecular weight excluding hydrogens is 1000 g/mol. The summed E-state index contributed by atoms with van der Waals surface area (Å²) < 4.78 is 14.5. The molecule has 4 aromatic carbocycles. The summed E-state index contributed by atoms with van der Waals surface area (Å²) >= 11 is 0. The van der Waals surface area contributed by atoms with E-state index < -0.39 is 0 Å². The van der Waals surface area contributed by atoms with Gasteiger partial charge in [0.25, 0.3) is 0 Å². The monoisotopic (exact) mass is 1020 g/mol. The number of benzene rings is 4. The molecule has 0 aliphatic rings. The van der Waals surface area contributed by atoms with Crippen molar-refractivity contribution >= 4 is 32.8 Å². The summed E-state index contributed by atoms with van der Waals surface area (Å²) in [4.78, 5) is 26.8. The smallest absolute Gasteiger partial charge is 0.503 e. The predicted octanol–water partition coefficient (Wildman–Crippen LogP) is 8.42. The first kappa shape index (κ1) is 33.9. The van der Waals surface area contributed by atoms with Crippen LogP contribution in [0, 0.1) is 24.3 Å². The van der Waals surface area contributed by atoms with E-state index in [-0.39, 0.29) is 42.1 Å². The van der Waals surface area contributed by atoms with Gasteiger partial charge in [-0.25, -0.2) is 15.0 Å². The molecule has 51 heavy (non-hydrogen) atoms. The first-order valence-electron chi connectivity index (χ1n) is 15.3. The van der Waals surface area contributed by atoms with Gasteiger partial charge in [0, 0.05) is 47.8 Å². The molecular formula is C40H21N7O2Pt2. The fraction of sp³-hybridized carbons (Fsp3) is 0. The van der Waals surface area contributed by atoms with E-state index in [1.807, 2.05) is 102 Å². The normalized spacial score (nSPS) is 10.8. The molecule has 0 aliphatic carbocycles. The Morgan fingerprint density at radius 1 is 0.510 bits per heavy atom. The number of nitrogens with zero attached hydrogens (tertiary/aromatic N) is 7. The van der Waals surface area contributed by atoms with Crippen LogP contribution in [0.5, 0.6) is 23.0 Å². The van der Waals surface area contributed by atoms with Crippen LogP contribution in [0.4, 0.5) is 0 Å². The first-order chi connectivity index (χ1) is 24.2. The molecule has 9 nitrogen and oxygen atoms in total. The minimum atomic E-state index is 0. The van der Waals surface area contributed by atoms with E-state index in [0.717, 1.165) is 38.7 Å². The van der Waals surface area contributed by atoms with Gasteiger partial charge < -0.3 is 24.0 Å². The summed E-state index contributed by atoms with van der Waals surface area (Å²) in [5.41, 5.74) is 5.16. The van der Waals surface area contributed by atoms with Gasteiger partial charge in [-0.3, -0.25) is 0 Å². The number of rotatable bonds is 7. The van der Waals surface area contributed by atoms with Crippen molar-refractivity contribution in [3.8, 4) is 51.5 Å². The molecule has 0 saturated carbocycles. The second kappa shape index (κ2) is 14.7. The molecule has 0 aliphatic heterocycles. The van der Waals surface area contributed by atoms with Crippen molar-refractivity contribution in [2.75, 3.05) is 0 Å². The minimum Gasteiger partial charge on any atom is -0.503 e. The van der Waals surface area contributed by atoms with Crippen molar-refractivity contribution in [1.82, 2.24) is 34.5 Å². The molecule has 0 unspecified atom stereocenters. The van der Waals surface area contributed by atoms with E-state index in [0.29, 0.717) is 45.6 Å². The van der Waals surface area contributed by atoms with Crippen molar-refractivity contribution in [2.24, 2.45) is 0 Å². The Balaban J connectivity index is 0.00000203. The van der Waals surface area contributed by atoms with Crippen LogP contribution in [0.2, 0.25) is 0 Å². The summed E-state index contributed by atoms with van der Waals surface area (Å²) in [5, 5.41) is 2.54. The maximum Gasteiger partial charge on any atom is 2.00 e. The second-order valence-electron chi connectivity index (χ2n) is 11.0. The van der Waals surface area contributed by atoms with Crippen LogP contribution in [0.15, 0.2) is 128 Å². The molecule has 0 saturated heterocycles. The van der Waals surface area contributed by atoms with Crippen LogP contribution in [-0.4, -0.2) is 34.5 Å². The van der Waals surface area contributed by atoms with Crippen molar-refractivity contribution in [3.63, 3.8) is 0 Å². The zero-order chi connectivity index (χ0) is 32.6. The molecule has 0 radical (unpaired) electrons. The van der Waals surface area contributed by atoms with Crippen LogP contribution in [0.25, 0.3) is 61.3 Å². The van der Waals surface area contributed by atoms with Gasteiger partial charge in [-0.1, -0.05) is 47.4 Å². The topological polar surface area (TPSA) is 101 Å². The predicted molar refractivity (Wildman–Crippen MR) is 184 cm³/mol. The molecule has 5 heterocycles. The minimum absolute atomic E-state index is 0. The Morgan fingerprint density at radius 2 is 1.08 bits per heavy atom. The molecule has 0 spiro atoms. The number of fused-ring (bicyclic) bond motifs is 4. The van der Waals surface area contributed by atoms with Crippen molar-refractivity contribution in [1.29, 1.82) is 0 Å². The average molecular weight is 1020 g/mol. The molecule has 0 atom stereocenters. The fourth-order valence-corrected chi connectivity index (χ4v) is 5.62. The van der Waals surface area contributed by atoms with Crippen molar-refractivity contribution in [2.45, 2.75) is 0 Å². The van der Waals surface area contributed by atoms with Crippen LogP contribution in [0.1, 0.15) is 0 Å². The van der Waals surface area contributed by atoms with Gasteiger partial charge in [0.15, 0.2) is 5.65 Å². The maximum atomic E-state index is 6.30. The van der Waals surface area contributed by atoms with E-state index in [2.05, 4.69) is 44.2 Å². The third-order valence-electron chi connectivity index (χ3n) is 7.84. The molecule has 5 aromatic heterocycles. The first-order valence-corrected chi connectivity index (χ1v) is 15.3. The maximum absolute atomic E-state index is 6.30. The molecule has 9 rings (SSSR count). The molecule has 0 N–H and O–H groups in total. The van der Waals surface area contributed by atoms with Gasteiger partial charge >= 0.3 is 42.1 Å². The number of hydrogen-bond donors (Lipinski definition) is 0. The number of hydrogen-bond acceptors (Lipinski definition) is 8. The summed E-state index contributed by atoms with van der Waals surface area (Å²) in [6.45, 7) is 0. The summed E-state index contributed by atoms with van der Waals surface area (Å²) in [6.07, 6.45) is 8.35. The Hall–Kier alpha value is -5.62. The quantitative estimate of drug-likeness (QED) is 0.147. The molecule has 0 fully saturated rings. The third kappa shape index (κ3) is 6.78. The SMILES string of the molecule is [Pt+2].[Pt+2].[c-]1c(Oc2[c-]c3c(cc2)c2ccc(Oc4[c-]c(-c5ccccn5)ccc4)[c-]c2n3-c2ncc3cncnc3n2)cccc1-c1ccccn1. The van der Waals surface area contributed by atoms with Crippen LogP contribution < -0.4 is 9.47 Å². The van der Waals surface area contributed by atoms with E-state index in [4.69, 9.17) is 19.4 Å². The van der Waals surface area contributed by atoms with Gasteiger partial charge in [0.05, 0.1) is 5.39 Å². The third-order valence-corrected chi connectivity index (χ3v) is 7.84. The van der Waals surface area contributed by atoms with Gasteiger partial charge in [-0.2, -0.15) is 27.9 Å². The fourth-order valence-electron chi connectivity index (χ4n) is 5.62. The van der Waals surface area contributed by atoms with Gasteiger partial charge in [0.2, 0.25) is 5.95 Å². The van der Waals surface area contributed by atoms with Gasteiger partial charge in [-0.05, 0) is 23.5 Å². The Bertz CT molecular complexity index is 2500. The molecule has 9 aromatic rings. The molecule has 0 bridgehead atoms. The van der Waals surface area contributed by atoms with Gasteiger partial charge in [-0.15, -0.1) is 71.8 Å². The van der Waals surface area contributed by atoms with E-state index >= 15 is 0 Å². The summed E-state index contributed by atoms with van der Waals surface area (Å²) in [5.74, 6) is 2.44. The number of pyridine rings is 2. The number of aromatic nitrogens is 7. The molecule has 11 heteroatoms. The van der Waals surface area contributed by atoms with Crippen molar-refractivity contribution < 1.29 is 51.6 Å². The zero-order valence-corrected chi connectivity index (χ0v) is 30.7. The Morgan fingerprint density at radius 3 is 1.63 bits per heavy atom. The van der Waals surface area contributed by atoms with Crippen LogP contribution in [0.3, 0.4) is 0 Å². The summed E-state index contributed by atoms with van der Waals surface area (Å²) in [7, 11) is 0. The second-order valence-corrected chi connectivity index (χ2v) is 11.0. The average Bonchev–Trinajstić information content (AvgIpc) is 3.48. The van der Waals surface area contributed by atoms with Gasteiger partial charge in [0.1, 0.15) is 6.33 Å². The number of ether oxygens (including phenoxy) is 2. The Kier molecular flexibility index (Phi) is 9.76. The van der Waals surface area contributed by atoms with Crippen molar-refractivity contribution in [3.05, 3.63) is 152 Å². The van der Waals surface area contributed by atoms with E-state index in [1.54, 1.807) is 24.8 Å². The Labute approximate surface area is 321 Å². The molecule has 248 valence electrons. The van der Waals surface area contributed by atoms with Crippen LogP contribution >= 0.6 is 0 Å². The van der Waals surface area contributed by atoms with Crippen LogP contribution in [-0.2, 0) is 42.1 Å². The standard InChI is InChI=1S/C40H21N7O2.2Pt/c1-3-17-42-35(11-1)26-7-5-9-29(19-26)48-31-13-15-33-34-16-14-32(49-30-10-6-8-27(20-30)36-12-2-4-18-43-36)22-38(34)47(37(33)21-31)40-44-24-28-23-41-25-45-39(28)46-40;;/h1-18,23-25H;;/q-4;2*+2. The zero-order valence-electron chi connectivity index (χ0n) is 26.2. The summed E-state index contributed by atoms with van der Waals surface area (Å²) in [6, 6.07) is 44.2.